The predicted molar refractivity (Wildman–Crippen MR) is 423 cm³/mol. The van der Waals surface area contributed by atoms with Crippen LogP contribution in [0.1, 0.15) is 194 Å². The molecule has 30 heteroatoms. The molecule has 9 aromatic rings. The van der Waals surface area contributed by atoms with E-state index < -0.39 is 58.7 Å². The van der Waals surface area contributed by atoms with E-state index in [0.29, 0.717) is 114 Å². The first kappa shape index (κ1) is 81.9. The number of aliphatic hydroxyl groups excluding tert-OH is 1. The first-order valence-corrected chi connectivity index (χ1v) is 39.6. The molecule has 6 fully saturated rings. The van der Waals surface area contributed by atoms with Gasteiger partial charge >= 0.3 is 6.18 Å². The van der Waals surface area contributed by atoms with Gasteiger partial charge in [0.05, 0.1) is 64.0 Å². The van der Waals surface area contributed by atoms with Crippen molar-refractivity contribution in [2.75, 3.05) is 58.9 Å². The van der Waals surface area contributed by atoms with Gasteiger partial charge in [-0.15, -0.1) is 0 Å². The number of hydrogen-bond donors (Lipinski definition) is 3. The molecule has 3 saturated heterocycles. The van der Waals surface area contributed by atoms with E-state index >= 15 is 0 Å². The minimum absolute atomic E-state index is 0.0694. The van der Waals surface area contributed by atoms with Crippen LogP contribution in [0.15, 0.2) is 110 Å². The fraction of sp³-hybridized carbons (Fsp3) is 0.494. The summed E-state index contributed by atoms with van der Waals surface area (Å²) < 4.78 is 44.1. The molecule has 15 rings (SSSR count). The van der Waals surface area contributed by atoms with Crippen LogP contribution in [0.25, 0.3) is 50.7 Å². The standard InChI is InChI=1S/C28H31ClF3N5O3.C28H34ClN5O3.C27H32ClN5O3/c1-16(2)20-11-21(17-5-7-19(29)8-6-17)34-37-14-22(33-23(20)37)25(39)36-10-9-35(15-26(36,3)4)24(38)18-12-27(40,13-18)28(30,31)32;1-17(2)21-12-22(18-6-8-20(29)9-7-18)31-34-15-23(30-24(21)34)26(36)33-11-10-32(16-27(33,3)4)25(35)19-13-28(5,37)14-19;1-16(2)21-13-22(17-5-7-19(28)8-6-17)30-33-14-23(29-24(21)33)26(36)32-10-9-31(15-27(32,3)4)25(35)18-11-20(34)12-18/h5-8,11,14,16,18,40H,9-10,12-13,15H2,1-4H3;6-9,12,15,17,19,37H,10-11,13-14,16H2,1-5H3;5-8,13-14,16,18,20,34H,9-12,15H2,1-4H3. The summed E-state index contributed by atoms with van der Waals surface area (Å²) in [7, 11) is 0. The van der Waals surface area contributed by atoms with Gasteiger partial charge in [-0.05, 0) is 159 Å². The van der Waals surface area contributed by atoms with Gasteiger partial charge in [0.15, 0.2) is 22.5 Å². The Bertz CT molecular complexity index is 5140. The lowest BCUT2D eigenvalue weighted by molar-refractivity contribution is -0.297. The Morgan fingerprint density at radius 2 is 0.708 bits per heavy atom. The Labute approximate surface area is 669 Å². The zero-order valence-electron chi connectivity index (χ0n) is 65.8. The molecule has 3 aromatic carbocycles. The van der Waals surface area contributed by atoms with E-state index in [1.54, 1.807) is 56.1 Å². The molecule has 6 aromatic heterocycles. The molecule has 6 amide bonds. The van der Waals surface area contributed by atoms with Gasteiger partial charge in [0.1, 0.15) is 17.1 Å². The van der Waals surface area contributed by atoms with Crippen molar-refractivity contribution in [3.63, 3.8) is 0 Å². The molecule has 0 atom stereocenters. The number of halogens is 6. The van der Waals surface area contributed by atoms with Crippen LogP contribution in [0.2, 0.25) is 15.1 Å². The number of carbonyl (C=O) groups is 6. The summed E-state index contributed by atoms with van der Waals surface area (Å²) in [4.78, 5) is 104. The first-order chi connectivity index (χ1) is 53.0. The van der Waals surface area contributed by atoms with E-state index in [2.05, 4.69) is 37.8 Å². The molecule has 0 radical (unpaired) electrons. The van der Waals surface area contributed by atoms with Crippen molar-refractivity contribution >= 4 is 87.2 Å². The summed E-state index contributed by atoms with van der Waals surface area (Å²) in [6, 6.07) is 28.4. The molecule has 0 unspecified atom stereocenters. The maximum absolute atomic E-state index is 13.7. The van der Waals surface area contributed by atoms with Gasteiger partial charge in [-0.1, -0.05) is 113 Å². The zero-order valence-corrected chi connectivity index (χ0v) is 68.1. The molecule has 3 aliphatic carbocycles. The molecule has 9 heterocycles. The van der Waals surface area contributed by atoms with Crippen molar-refractivity contribution in [3.8, 4) is 33.8 Å². The molecule has 3 N–H and O–H groups in total. The number of hydrogen-bond acceptors (Lipinski definition) is 15. The van der Waals surface area contributed by atoms with Gasteiger partial charge in [0, 0.05) is 125 Å². The molecule has 3 aliphatic heterocycles. The zero-order chi connectivity index (χ0) is 81.7. The van der Waals surface area contributed by atoms with Gasteiger partial charge in [0.25, 0.3) is 17.7 Å². The first-order valence-electron chi connectivity index (χ1n) is 38.5. The molecule has 0 spiro atoms. The lowest BCUT2D eigenvalue weighted by Crippen LogP contribution is -2.65. The van der Waals surface area contributed by atoms with Crippen molar-refractivity contribution in [2.24, 2.45) is 17.8 Å². The van der Waals surface area contributed by atoms with Crippen LogP contribution < -0.4 is 0 Å². The number of fused-ring (bicyclic) bond motifs is 3. The second kappa shape index (κ2) is 30.9. The number of aromatic nitrogens is 9. The van der Waals surface area contributed by atoms with E-state index in [9.17, 15) is 57.3 Å². The van der Waals surface area contributed by atoms with Crippen LogP contribution in [0.3, 0.4) is 0 Å². The average Bonchev–Trinajstić information content (AvgIpc) is 1.29. The van der Waals surface area contributed by atoms with Crippen LogP contribution in [0, 0.1) is 17.8 Å². The highest BCUT2D eigenvalue weighted by atomic mass is 35.5. The highest BCUT2D eigenvalue weighted by Gasteiger charge is 2.63. The Kier molecular flexibility index (Phi) is 22.4. The van der Waals surface area contributed by atoms with Crippen LogP contribution in [0.4, 0.5) is 13.2 Å². The van der Waals surface area contributed by atoms with Gasteiger partial charge in [0.2, 0.25) is 17.7 Å². The van der Waals surface area contributed by atoms with E-state index in [1.165, 1.54) is 4.90 Å². The van der Waals surface area contributed by atoms with E-state index in [4.69, 9.17) is 55.0 Å². The summed E-state index contributed by atoms with van der Waals surface area (Å²) in [6.07, 6.45) is 0.648. The lowest BCUT2D eigenvalue weighted by atomic mass is 9.69. The molecular formula is C83H97Cl3F3N15O9. The maximum atomic E-state index is 13.7. The third-order valence-corrected chi connectivity index (χ3v) is 23.7. The van der Waals surface area contributed by atoms with E-state index in [0.717, 1.165) is 44.8 Å². The third kappa shape index (κ3) is 16.8. The fourth-order valence-corrected chi connectivity index (χ4v) is 16.7. The van der Waals surface area contributed by atoms with Gasteiger partial charge < -0.3 is 44.7 Å². The molecule has 600 valence electrons. The Balaban J connectivity index is 0.000000148. The average molecular weight is 1610 g/mol. The molecule has 24 nitrogen and oxygen atoms in total. The summed E-state index contributed by atoms with van der Waals surface area (Å²) in [6.45, 7) is 29.0. The van der Waals surface area contributed by atoms with Crippen LogP contribution in [-0.2, 0) is 14.4 Å². The maximum Gasteiger partial charge on any atom is 0.417 e. The predicted octanol–water partition coefficient (Wildman–Crippen LogP) is 13.3. The Hall–Kier alpha value is -9.12. The summed E-state index contributed by atoms with van der Waals surface area (Å²) in [5.74, 6) is -1.60. The highest BCUT2D eigenvalue weighted by molar-refractivity contribution is 6.31. The van der Waals surface area contributed by atoms with Crippen molar-refractivity contribution in [2.45, 2.75) is 186 Å². The minimum Gasteiger partial charge on any atom is -0.393 e. The summed E-state index contributed by atoms with van der Waals surface area (Å²) in [5.41, 5.74) is 5.30. The van der Waals surface area contributed by atoms with Gasteiger partial charge in [-0.2, -0.15) is 28.5 Å². The molecular weight excluding hydrogens is 1510 g/mol. The molecule has 3 saturated carbocycles. The normalized spacial score (nSPS) is 22.7. The van der Waals surface area contributed by atoms with Crippen LogP contribution in [0.5, 0.6) is 0 Å². The molecule has 6 aliphatic rings. The Morgan fingerprint density at radius 3 is 0.956 bits per heavy atom. The van der Waals surface area contributed by atoms with Crippen molar-refractivity contribution in [3.05, 3.63) is 158 Å². The largest absolute Gasteiger partial charge is 0.417 e. The SMILES string of the molecule is CC(C)c1cc(-c2ccc(Cl)cc2)nn2cc(C(=O)N3CCN(C(=O)C4CC(C)(O)C4)CC3(C)C)nc12.CC(C)c1cc(-c2ccc(Cl)cc2)nn2cc(C(=O)N3CCN(C(=O)C4CC(O)(C(F)(F)F)C4)CC3(C)C)nc12.CC(C)c1cc(-c2ccc(Cl)cc2)nn2cc(C(=O)N3CCN(C(=O)C4CC(O)C4)CC3(C)C)nc12. The number of benzene rings is 3. The Morgan fingerprint density at radius 1 is 0.434 bits per heavy atom. The number of rotatable bonds is 12. The van der Waals surface area contributed by atoms with Crippen molar-refractivity contribution in [1.82, 2.24) is 73.2 Å². The monoisotopic (exact) mass is 1610 g/mol. The number of piperazine rings is 3. The fourth-order valence-electron chi connectivity index (χ4n) is 16.3. The van der Waals surface area contributed by atoms with Crippen molar-refractivity contribution in [1.29, 1.82) is 0 Å². The third-order valence-electron chi connectivity index (χ3n) is 22.9. The number of amides is 6. The smallest absolute Gasteiger partial charge is 0.393 e. The quantitative estimate of drug-likeness (QED) is 0.103. The van der Waals surface area contributed by atoms with Crippen LogP contribution >= 0.6 is 34.8 Å². The number of imidazole rings is 3. The summed E-state index contributed by atoms with van der Waals surface area (Å²) >= 11 is 18.2. The number of carbonyl (C=O) groups excluding carboxylic acids is 6. The van der Waals surface area contributed by atoms with Gasteiger partial charge in [-0.25, -0.2) is 28.5 Å². The number of aliphatic hydroxyl groups is 3. The lowest BCUT2D eigenvalue weighted by Gasteiger charge is -2.50. The molecule has 0 bridgehead atoms. The number of nitrogens with zero attached hydrogens (tertiary/aromatic N) is 15. The number of alkyl halides is 3. The van der Waals surface area contributed by atoms with E-state index in [1.807, 2.05) is 154 Å². The van der Waals surface area contributed by atoms with E-state index in [-0.39, 0.29) is 90.6 Å². The minimum atomic E-state index is -4.76. The molecule has 113 heavy (non-hydrogen) atoms. The second-order valence-corrected chi connectivity index (χ2v) is 35.6. The van der Waals surface area contributed by atoms with Crippen LogP contribution in [-0.4, -0.2) is 223 Å². The topological polar surface area (TPSA) is 273 Å². The van der Waals surface area contributed by atoms with Gasteiger partial charge in [-0.3, -0.25) is 28.8 Å². The second-order valence-electron chi connectivity index (χ2n) is 34.3. The highest BCUT2D eigenvalue weighted by Crippen LogP contribution is 2.50. The van der Waals surface area contributed by atoms with Crippen molar-refractivity contribution < 1.29 is 57.3 Å². The summed E-state index contributed by atoms with van der Waals surface area (Å²) in [5, 5.41) is 45.5.